The molecule has 2 aliphatic rings. The van der Waals surface area contributed by atoms with E-state index >= 15 is 0 Å². The third kappa shape index (κ3) is 3.30. The fourth-order valence-electron chi connectivity index (χ4n) is 2.30. The molecule has 0 nitrogen and oxygen atoms in total. The molecule has 0 amide bonds. The van der Waals surface area contributed by atoms with Crippen molar-refractivity contribution >= 4 is 22.0 Å². The minimum atomic E-state index is 0. The number of halogens is 4. The van der Waals surface area contributed by atoms with Gasteiger partial charge in [-0.25, -0.2) is 0 Å². The zero-order chi connectivity index (χ0) is 11.3. The summed E-state index contributed by atoms with van der Waals surface area (Å²) in [5, 5.41) is 0. The van der Waals surface area contributed by atoms with Crippen LogP contribution in [0.25, 0.3) is 6.08 Å². The Morgan fingerprint density at radius 3 is 2.37 bits per heavy atom. The molecule has 0 aromatic heterocycles. The average Bonchev–Trinajstić information content (AvgIpc) is 2.58. The summed E-state index contributed by atoms with van der Waals surface area (Å²) in [6.45, 7) is 2.21. The van der Waals surface area contributed by atoms with Crippen LogP contribution in [0.4, 0.5) is 0 Å². The number of benzene rings is 1. The summed E-state index contributed by atoms with van der Waals surface area (Å²) in [5.74, 6) is 0. The summed E-state index contributed by atoms with van der Waals surface area (Å²) >= 11 is 5.33. The van der Waals surface area contributed by atoms with E-state index in [2.05, 4.69) is 59.3 Å². The maximum absolute atomic E-state index is 3.82. The third-order valence-electron chi connectivity index (χ3n) is 3.19. The topological polar surface area (TPSA) is 0 Å². The SMILES string of the molecule is CC1=[C]([Zr+3])C2=Cc3ccccc3C(Br)C2=C1.[Cl-].[Cl-].[Cl-]. The molecule has 0 radical (unpaired) electrons. The zero-order valence-corrected chi connectivity index (χ0v) is 16.4. The average molecular weight is 456 g/mol. The second-order valence-electron chi connectivity index (χ2n) is 4.21. The van der Waals surface area contributed by atoms with E-state index in [1.165, 1.54) is 55.8 Å². The van der Waals surface area contributed by atoms with E-state index in [-0.39, 0.29) is 37.2 Å². The predicted octanol–water partition coefficient (Wildman–Crippen LogP) is -4.71. The number of fused-ring (bicyclic) bond motifs is 2. The van der Waals surface area contributed by atoms with E-state index in [4.69, 9.17) is 0 Å². The number of alkyl halides is 1. The first-order valence-electron chi connectivity index (χ1n) is 5.28. The van der Waals surface area contributed by atoms with E-state index in [1.807, 2.05) is 0 Å². The molecule has 0 N–H and O–H groups in total. The quantitative estimate of drug-likeness (QED) is 0.345. The van der Waals surface area contributed by atoms with E-state index in [0.717, 1.165) is 0 Å². The van der Waals surface area contributed by atoms with E-state index < -0.39 is 0 Å². The molecule has 19 heavy (non-hydrogen) atoms. The van der Waals surface area contributed by atoms with Gasteiger partial charge >= 0.3 is 120 Å². The van der Waals surface area contributed by atoms with Gasteiger partial charge in [-0.3, -0.25) is 0 Å². The molecule has 5 heteroatoms. The molecule has 0 saturated heterocycles. The van der Waals surface area contributed by atoms with Crippen LogP contribution in [0, 0.1) is 0 Å². The van der Waals surface area contributed by atoms with Crippen molar-refractivity contribution in [2.75, 3.05) is 0 Å². The van der Waals surface area contributed by atoms with Gasteiger partial charge < -0.3 is 37.2 Å². The van der Waals surface area contributed by atoms with Crippen molar-refractivity contribution in [3.05, 3.63) is 61.5 Å². The minimum absolute atomic E-state index is 0. The van der Waals surface area contributed by atoms with Gasteiger partial charge in [0.15, 0.2) is 0 Å². The molecule has 1 aromatic carbocycles. The van der Waals surface area contributed by atoms with Gasteiger partial charge in [-0.15, -0.1) is 0 Å². The summed E-state index contributed by atoms with van der Waals surface area (Å²) in [7, 11) is 0. The Balaban J connectivity index is 0.00000108. The van der Waals surface area contributed by atoms with Crippen molar-refractivity contribution in [1.29, 1.82) is 0 Å². The van der Waals surface area contributed by atoms with Crippen molar-refractivity contribution in [2.45, 2.75) is 11.8 Å². The molecule has 0 saturated carbocycles. The molecule has 1 atom stereocenters. The van der Waals surface area contributed by atoms with Crippen molar-refractivity contribution in [2.24, 2.45) is 0 Å². The van der Waals surface area contributed by atoms with Crippen LogP contribution in [-0.2, 0) is 24.7 Å². The molecule has 2 aliphatic carbocycles. The Labute approximate surface area is 156 Å². The summed E-state index contributed by atoms with van der Waals surface area (Å²) < 4.78 is 1.50. The smallest absolute Gasteiger partial charge is 1.00 e. The largest absolute Gasteiger partial charge is 1.00 e. The Hall–Kier alpha value is 0.673. The van der Waals surface area contributed by atoms with Crippen LogP contribution in [0.5, 0.6) is 0 Å². The molecule has 1 unspecified atom stereocenters. The monoisotopic (exact) mass is 452 g/mol. The number of hydrogen-bond donors (Lipinski definition) is 0. The summed E-state index contributed by atoms with van der Waals surface area (Å²) in [5.41, 5.74) is 7.04. The van der Waals surface area contributed by atoms with Crippen LogP contribution in [0.1, 0.15) is 22.9 Å². The van der Waals surface area contributed by atoms with E-state index in [1.54, 1.807) is 0 Å². The molecular weight excluding hydrogens is 446 g/mol. The minimum Gasteiger partial charge on any atom is -1.00 e. The van der Waals surface area contributed by atoms with Crippen molar-refractivity contribution in [1.82, 2.24) is 0 Å². The number of hydrogen-bond acceptors (Lipinski definition) is 0. The van der Waals surface area contributed by atoms with E-state index in [0.29, 0.717) is 4.83 Å². The summed E-state index contributed by atoms with van der Waals surface area (Å²) in [4.78, 5) is 0.358. The maximum Gasteiger partial charge on any atom is -1.00 e. The molecule has 0 fully saturated rings. The number of allylic oxidation sites excluding steroid dienone is 5. The summed E-state index contributed by atoms with van der Waals surface area (Å²) in [6.07, 6.45) is 4.66. The van der Waals surface area contributed by atoms with Crippen LogP contribution in [0.15, 0.2) is 50.3 Å². The fourth-order valence-corrected chi connectivity index (χ4v) is 3.81. The van der Waals surface area contributed by atoms with Crippen LogP contribution < -0.4 is 37.2 Å². The molecule has 0 bridgehead atoms. The Bertz CT molecular complexity index is 576. The van der Waals surface area contributed by atoms with Crippen molar-refractivity contribution in [3.63, 3.8) is 0 Å². The van der Waals surface area contributed by atoms with Gasteiger partial charge in [0.05, 0.1) is 0 Å². The molecule has 1 aromatic rings. The predicted molar refractivity (Wildman–Crippen MR) is 66.9 cm³/mol. The van der Waals surface area contributed by atoms with E-state index in [9.17, 15) is 0 Å². The van der Waals surface area contributed by atoms with Gasteiger partial charge in [-0.2, -0.15) is 0 Å². The van der Waals surface area contributed by atoms with Crippen LogP contribution in [0.2, 0.25) is 0 Å². The molecule has 0 aliphatic heterocycles. The van der Waals surface area contributed by atoms with Gasteiger partial charge in [0, 0.05) is 0 Å². The second kappa shape index (κ2) is 7.62. The van der Waals surface area contributed by atoms with Crippen LogP contribution >= 0.6 is 15.9 Å². The normalized spacial score (nSPS) is 19.1. The zero-order valence-electron chi connectivity index (χ0n) is 10.1. The van der Waals surface area contributed by atoms with Gasteiger partial charge in [-0.1, -0.05) is 0 Å². The first kappa shape index (κ1) is 19.7. The molecular formula is C14H10BrCl3Zr. The Morgan fingerprint density at radius 1 is 1.05 bits per heavy atom. The first-order valence-corrected chi connectivity index (χ1v) is 7.42. The molecule has 3 rings (SSSR count). The van der Waals surface area contributed by atoms with Gasteiger partial charge in [0.25, 0.3) is 0 Å². The Kier molecular flexibility index (Phi) is 7.89. The second-order valence-corrected chi connectivity index (χ2v) is 6.35. The third-order valence-corrected chi connectivity index (χ3v) is 5.81. The Morgan fingerprint density at radius 2 is 1.68 bits per heavy atom. The van der Waals surface area contributed by atoms with Crippen LogP contribution in [-0.4, -0.2) is 0 Å². The molecule has 98 valence electrons. The summed E-state index contributed by atoms with van der Waals surface area (Å²) in [6, 6.07) is 8.63. The van der Waals surface area contributed by atoms with Gasteiger partial charge in [0.1, 0.15) is 0 Å². The fraction of sp³-hybridized carbons (Fsp3) is 0.143. The van der Waals surface area contributed by atoms with Crippen LogP contribution in [0.3, 0.4) is 0 Å². The van der Waals surface area contributed by atoms with Gasteiger partial charge in [-0.05, 0) is 0 Å². The number of rotatable bonds is 0. The van der Waals surface area contributed by atoms with Crippen molar-refractivity contribution < 1.29 is 61.9 Å². The van der Waals surface area contributed by atoms with Crippen molar-refractivity contribution in [3.8, 4) is 0 Å². The molecule has 0 spiro atoms. The molecule has 0 heterocycles. The van der Waals surface area contributed by atoms with Gasteiger partial charge in [0.2, 0.25) is 0 Å². The first-order chi connectivity index (χ1) is 7.68. The standard InChI is InChI=1S/C14H10Br.3ClH.Zr/c1-9-6-11-8-10-4-2-3-5-12(10)14(15)13(11)7-9;;;;/h2-5,7-8,14H,1H3;3*1H;/q;;;;+3/p-3. The maximum atomic E-state index is 3.82.